The van der Waals surface area contributed by atoms with Crippen molar-refractivity contribution in [1.82, 2.24) is 29.5 Å². The molecule has 3 aromatic heterocycles. The molecule has 0 aliphatic carbocycles. The third kappa shape index (κ3) is 3.80. The number of Topliss-reactive ketones (excluding diaryl/α,β-unsaturated/α-hetero) is 1. The number of amides is 1. The molecule has 0 atom stereocenters. The summed E-state index contributed by atoms with van der Waals surface area (Å²) in [4.78, 5) is 50.0. The van der Waals surface area contributed by atoms with Gasteiger partial charge in [0.15, 0.2) is 6.61 Å². The molecule has 0 unspecified atom stereocenters. The lowest BCUT2D eigenvalue weighted by Gasteiger charge is -2.13. The van der Waals surface area contributed by atoms with Crippen LogP contribution in [0, 0.1) is 13.8 Å². The summed E-state index contributed by atoms with van der Waals surface area (Å²) in [7, 11) is 0. The van der Waals surface area contributed by atoms with Crippen molar-refractivity contribution >= 4 is 23.4 Å². The van der Waals surface area contributed by atoms with E-state index >= 15 is 0 Å². The van der Waals surface area contributed by atoms with E-state index in [1.165, 1.54) is 18.6 Å². The van der Waals surface area contributed by atoms with Crippen molar-refractivity contribution in [3.05, 3.63) is 46.8 Å². The highest BCUT2D eigenvalue weighted by Crippen LogP contribution is 2.15. The van der Waals surface area contributed by atoms with Gasteiger partial charge in [-0.2, -0.15) is 10.1 Å². The van der Waals surface area contributed by atoms with Gasteiger partial charge in [0.25, 0.3) is 11.7 Å². The molecule has 1 aliphatic heterocycles. The smallest absolute Gasteiger partial charge is 0.310 e. The van der Waals surface area contributed by atoms with E-state index in [1.54, 1.807) is 16.3 Å². The van der Waals surface area contributed by atoms with Crippen LogP contribution in [0.2, 0.25) is 0 Å². The van der Waals surface area contributed by atoms with E-state index in [2.05, 4.69) is 20.1 Å². The van der Waals surface area contributed by atoms with Gasteiger partial charge >= 0.3 is 5.97 Å². The highest BCUT2D eigenvalue weighted by Gasteiger charge is 2.22. The normalized spacial score (nSPS) is 13.7. The predicted molar refractivity (Wildman–Crippen MR) is 105 cm³/mol. The number of ketones is 1. The first kappa shape index (κ1) is 19.7. The van der Waals surface area contributed by atoms with Crippen LogP contribution < -0.4 is 0 Å². The molecule has 1 N–H and O–H groups in total. The summed E-state index contributed by atoms with van der Waals surface area (Å²) < 4.78 is 6.72. The number of likely N-dealkylation sites (tertiary alicyclic amines) is 1. The molecule has 1 amide bonds. The van der Waals surface area contributed by atoms with Gasteiger partial charge in [0, 0.05) is 41.8 Å². The second kappa shape index (κ2) is 8.05. The number of aryl methyl sites for hydroxylation is 2. The van der Waals surface area contributed by atoms with Crippen LogP contribution in [0.25, 0.3) is 5.78 Å². The molecule has 4 heterocycles. The Bertz CT molecular complexity index is 1130. The molecule has 156 valence electrons. The van der Waals surface area contributed by atoms with Crippen LogP contribution in [0.3, 0.4) is 0 Å². The number of ether oxygens (including phenoxy) is 1. The molecule has 30 heavy (non-hydrogen) atoms. The Balaban J connectivity index is 1.36. The molecule has 1 saturated heterocycles. The van der Waals surface area contributed by atoms with Gasteiger partial charge in [-0.15, -0.1) is 0 Å². The van der Waals surface area contributed by atoms with Gasteiger partial charge in [0.05, 0.1) is 6.42 Å². The summed E-state index contributed by atoms with van der Waals surface area (Å²) >= 11 is 0. The number of H-pyrrole nitrogens is 1. The lowest BCUT2D eigenvalue weighted by Crippen LogP contribution is -2.27. The zero-order chi connectivity index (χ0) is 21.3. The largest absolute Gasteiger partial charge is 0.457 e. The number of rotatable bonds is 6. The molecule has 10 nitrogen and oxygen atoms in total. The van der Waals surface area contributed by atoms with Crippen LogP contribution in [-0.4, -0.2) is 66.8 Å². The zero-order valence-electron chi connectivity index (χ0n) is 16.8. The summed E-state index contributed by atoms with van der Waals surface area (Å²) in [6, 6.07) is 1.51. The summed E-state index contributed by atoms with van der Waals surface area (Å²) in [5, 5.41) is 4.09. The molecule has 1 fully saturated rings. The number of aromatic nitrogens is 5. The van der Waals surface area contributed by atoms with Crippen LogP contribution >= 0.6 is 0 Å². The maximum Gasteiger partial charge on any atom is 0.310 e. The van der Waals surface area contributed by atoms with Crippen molar-refractivity contribution in [1.29, 1.82) is 0 Å². The second-order valence-corrected chi connectivity index (χ2v) is 7.29. The maximum atomic E-state index is 12.4. The molecule has 1 aliphatic rings. The Labute approximate surface area is 172 Å². The molecule has 0 spiro atoms. The highest BCUT2D eigenvalue weighted by molar-refractivity contribution is 6.01. The van der Waals surface area contributed by atoms with E-state index < -0.39 is 12.6 Å². The van der Waals surface area contributed by atoms with Gasteiger partial charge in [-0.05, 0) is 32.8 Å². The monoisotopic (exact) mass is 410 g/mol. The average Bonchev–Trinajstić information content (AvgIpc) is 3.49. The number of hydrogen-bond acceptors (Lipinski definition) is 7. The SMILES string of the molecule is Cc1nc2ncnn2c(C)c1CC(=O)OCC(=O)c1c[nH]c(C(=O)N2CCCC2)c1. The topological polar surface area (TPSA) is 123 Å². The lowest BCUT2D eigenvalue weighted by molar-refractivity contribution is -0.141. The lowest BCUT2D eigenvalue weighted by atomic mass is 10.1. The van der Waals surface area contributed by atoms with Gasteiger partial charge in [-0.25, -0.2) is 9.50 Å². The fourth-order valence-corrected chi connectivity index (χ4v) is 3.61. The van der Waals surface area contributed by atoms with E-state index in [0.717, 1.165) is 31.6 Å². The second-order valence-electron chi connectivity index (χ2n) is 7.29. The number of esters is 1. The summed E-state index contributed by atoms with van der Waals surface area (Å²) in [5.41, 5.74) is 2.76. The van der Waals surface area contributed by atoms with Gasteiger partial charge < -0.3 is 14.6 Å². The number of aromatic amines is 1. The Hall–Kier alpha value is -3.56. The number of carbonyl (C=O) groups excluding carboxylic acids is 3. The van der Waals surface area contributed by atoms with Crippen molar-refractivity contribution in [2.45, 2.75) is 33.1 Å². The minimum Gasteiger partial charge on any atom is -0.457 e. The first-order valence-corrected chi connectivity index (χ1v) is 9.76. The predicted octanol–water partition coefficient (Wildman–Crippen LogP) is 1.27. The summed E-state index contributed by atoms with van der Waals surface area (Å²) in [6.07, 6.45) is 4.82. The Morgan fingerprint density at radius 1 is 1.20 bits per heavy atom. The van der Waals surface area contributed by atoms with Crippen molar-refractivity contribution in [2.24, 2.45) is 0 Å². The van der Waals surface area contributed by atoms with Crippen LogP contribution in [0.4, 0.5) is 0 Å². The summed E-state index contributed by atoms with van der Waals surface area (Å²) in [5.74, 6) is -0.576. The quantitative estimate of drug-likeness (QED) is 0.480. The fraction of sp³-hybridized carbons (Fsp3) is 0.400. The minimum atomic E-state index is -0.542. The van der Waals surface area contributed by atoms with Crippen LogP contribution in [0.5, 0.6) is 0 Å². The molecular formula is C20H22N6O4. The molecule has 0 radical (unpaired) electrons. The highest BCUT2D eigenvalue weighted by atomic mass is 16.5. The van der Waals surface area contributed by atoms with Crippen molar-refractivity contribution in [3.8, 4) is 0 Å². The molecule has 0 bridgehead atoms. The molecule has 10 heteroatoms. The first-order chi connectivity index (χ1) is 14.4. The van der Waals surface area contributed by atoms with Crippen LogP contribution in [0.15, 0.2) is 18.6 Å². The number of carbonyl (C=O) groups is 3. The van der Waals surface area contributed by atoms with Gasteiger partial charge in [-0.1, -0.05) is 0 Å². The van der Waals surface area contributed by atoms with E-state index in [1.807, 2.05) is 6.92 Å². The Morgan fingerprint density at radius 2 is 1.97 bits per heavy atom. The van der Waals surface area contributed by atoms with Gasteiger partial charge in [0.1, 0.15) is 12.0 Å². The van der Waals surface area contributed by atoms with Gasteiger partial charge in [-0.3, -0.25) is 14.4 Å². The Morgan fingerprint density at radius 3 is 2.73 bits per heavy atom. The summed E-state index contributed by atoms with van der Waals surface area (Å²) in [6.45, 7) is 4.67. The number of hydrogen-bond donors (Lipinski definition) is 1. The van der Waals surface area contributed by atoms with Crippen molar-refractivity contribution in [3.63, 3.8) is 0 Å². The number of fused-ring (bicyclic) bond motifs is 1. The van der Waals surface area contributed by atoms with E-state index in [0.29, 0.717) is 28.3 Å². The van der Waals surface area contributed by atoms with E-state index in [-0.39, 0.29) is 18.1 Å². The first-order valence-electron chi connectivity index (χ1n) is 9.76. The van der Waals surface area contributed by atoms with Crippen LogP contribution in [-0.2, 0) is 16.0 Å². The maximum absolute atomic E-state index is 12.4. The average molecular weight is 410 g/mol. The molecule has 0 aromatic carbocycles. The van der Waals surface area contributed by atoms with E-state index in [4.69, 9.17) is 4.74 Å². The fourth-order valence-electron chi connectivity index (χ4n) is 3.61. The Kier molecular flexibility index (Phi) is 5.30. The van der Waals surface area contributed by atoms with Crippen molar-refractivity contribution in [2.75, 3.05) is 19.7 Å². The molecule has 0 saturated carbocycles. The number of nitrogens with one attached hydrogen (secondary N) is 1. The third-order valence-corrected chi connectivity index (χ3v) is 5.30. The van der Waals surface area contributed by atoms with Gasteiger partial charge in [0.2, 0.25) is 5.78 Å². The van der Waals surface area contributed by atoms with Crippen LogP contribution in [0.1, 0.15) is 50.6 Å². The standard InChI is InChI=1S/C20H22N6O4/c1-12-15(13(2)26-20(24-12)22-11-23-26)8-18(28)30-10-17(27)14-7-16(21-9-14)19(29)25-5-3-4-6-25/h7,9,11,21H,3-6,8,10H2,1-2H3. The number of nitrogens with zero attached hydrogens (tertiary/aromatic N) is 5. The molecular weight excluding hydrogens is 388 g/mol. The molecule has 3 aromatic rings. The zero-order valence-corrected chi connectivity index (χ0v) is 16.8. The minimum absolute atomic E-state index is 0.0282. The van der Waals surface area contributed by atoms with Crippen molar-refractivity contribution < 1.29 is 19.1 Å². The van der Waals surface area contributed by atoms with E-state index in [9.17, 15) is 14.4 Å². The molecule has 4 rings (SSSR count). The third-order valence-electron chi connectivity index (χ3n) is 5.30.